The Morgan fingerprint density at radius 1 is 0.577 bits per heavy atom. The number of carbonyl (C=O) groups excluding carboxylic acids is 1. The Balaban J connectivity index is 4.12. The largest absolute Gasteiger partial charge is 0.472 e. The van der Waals surface area contributed by atoms with Crippen LogP contribution in [0.15, 0.2) is 36.5 Å². The SMILES string of the molecule is CCCCCCCCCCC=CCC=CCCC(=O)OC(COCCCC=CCCCCCCCCCCCCCCC)COP(=O)(O)OCCN. The van der Waals surface area contributed by atoms with Crippen molar-refractivity contribution in [1.82, 2.24) is 0 Å². The second-order valence-electron chi connectivity index (χ2n) is 14.2. The lowest BCUT2D eigenvalue weighted by atomic mass is 10.0. The molecule has 0 aromatic heterocycles. The van der Waals surface area contributed by atoms with Gasteiger partial charge in [-0.2, -0.15) is 0 Å². The van der Waals surface area contributed by atoms with Crippen LogP contribution in [0.25, 0.3) is 0 Å². The van der Waals surface area contributed by atoms with Crippen LogP contribution in [0.5, 0.6) is 0 Å². The molecule has 0 aromatic carbocycles. The molecule has 0 saturated heterocycles. The Bertz CT molecular complexity index is 895. The van der Waals surface area contributed by atoms with E-state index >= 15 is 0 Å². The predicted octanol–water partition coefficient (Wildman–Crippen LogP) is 12.6. The molecular formula is C43H82NO7P. The Morgan fingerprint density at radius 3 is 1.52 bits per heavy atom. The molecule has 0 aromatic rings. The van der Waals surface area contributed by atoms with Crippen LogP contribution in [-0.4, -0.2) is 49.9 Å². The number of allylic oxidation sites excluding steroid dienone is 6. The zero-order valence-electron chi connectivity index (χ0n) is 33.8. The summed E-state index contributed by atoms with van der Waals surface area (Å²) in [5.74, 6) is -0.404. The minimum atomic E-state index is -4.29. The van der Waals surface area contributed by atoms with Crippen LogP contribution in [0.3, 0.4) is 0 Å². The Hall–Kier alpha value is -1.28. The molecule has 0 rings (SSSR count). The third-order valence-corrected chi connectivity index (χ3v) is 10.0. The zero-order valence-corrected chi connectivity index (χ0v) is 34.7. The highest BCUT2D eigenvalue weighted by Crippen LogP contribution is 2.43. The second kappa shape index (κ2) is 40.9. The van der Waals surface area contributed by atoms with Crippen LogP contribution in [0.2, 0.25) is 0 Å². The highest BCUT2D eigenvalue weighted by Gasteiger charge is 2.25. The fourth-order valence-corrected chi connectivity index (χ4v) is 6.65. The third kappa shape index (κ3) is 39.9. The molecule has 0 amide bonds. The maximum atomic E-state index is 12.5. The Kier molecular flexibility index (Phi) is 39.9. The summed E-state index contributed by atoms with van der Waals surface area (Å²) in [7, 11) is -4.29. The van der Waals surface area contributed by atoms with E-state index in [0.29, 0.717) is 13.0 Å². The summed E-state index contributed by atoms with van der Waals surface area (Å²) >= 11 is 0. The monoisotopic (exact) mass is 756 g/mol. The Labute approximate surface area is 320 Å². The lowest BCUT2D eigenvalue weighted by Crippen LogP contribution is -2.28. The molecule has 2 atom stereocenters. The first-order chi connectivity index (χ1) is 25.4. The van der Waals surface area contributed by atoms with Crippen LogP contribution in [-0.2, 0) is 27.9 Å². The molecule has 8 nitrogen and oxygen atoms in total. The van der Waals surface area contributed by atoms with Crippen molar-refractivity contribution in [3.05, 3.63) is 36.5 Å². The van der Waals surface area contributed by atoms with E-state index in [0.717, 1.165) is 32.1 Å². The molecule has 0 bridgehead atoms. The third-order valence-electron chi connectivity index (χ3n) is 9.04. The molecule has 0 aliphatic carbocycles. The first-order valence-corrected chi connectivity index (χ1v) is 23.0. The van der Waals surface area contributed by atoms with Gasteiger partial charge in [-0.1, -0.05) is 172 Å². The number of unbranched alkanes of at least 4 members (excludes halogenated alkanes) is 22. The standard InChI is InChI=1S/C43H82NO7P/c1-3-5-7-9-11-13-15-17-19-20-21-23-25-27-29-31-33-35-38-48-40-42(41-50-52(46,47)49-39-37-44)51-43(45)36-34-32-30-28-26-24-22-18-16-14-12-10-8-6-4-2/h24,26,29-32,42H,3-23,25,27-28,33-41,44H2,1-2H3,(H,46,47). The fourth-order valence-electron chi connectivity index (χ4n) is 5.88. The first-order valence-electron chi connectivity index (χ1n) is 21.5. The van der Waals surface area contributed by atoms with Gasteiger partial charge in [-0.05, 0) is 51.4 Å². The van der Waals surface area contributed by atoms with Crippen molar-refractivity contribution in [2.75, 3.05) is 33.0 Å². The number of phosphoric ester groups is 1. The van der Waals surface area contributed by atoms with Crippen molar-refractivity contribution in [3.8, 4) is 0 Å². The molecule has 0 spiro atoms. The topological polar surface area (TPSA) is 117 Å². The minimum absolute atomic E-state index is 0.0742. The molecule has 3 N–H and O–H groups in total. The zero-order chi connectivity index (χ0) is 38.1. The van der Waals surface area contributed by atoms with Crippen molar-refractivity contribution in [1.29, 1.82) is 0 Å². The quantitative estimate of drug-likeness (QED) is 0.0274. The van der Waals surface area contributed by atoms with Gasteiger partial charge >= 0.3 is 13.8 Å². The summed E-state index contributed by atoms with van der Waals surface area (Å²) < 4.78 is 33.3. The molecule has 0 heterocycles. The van der Waals surface area contributed by atoms with Crippen molar-refractivity contribution in [2.45, 2.75) is 200 Å². The van der Waals surface area contributed by atoms with Gasteiger partial charge in [0.2, 0.25) is 0 Å². The van der Waals surface area contributed by atoms with Crippen LogP contribution in [0.4, 0.5) is 0 Å². The smallest absolute Gasteiger partial charge is 0.457 e. The Morgan fingerprint density at radius 2 is 1.02 bits per heavy atom. The van der Waals surface area contributed by atoms with E-state index in [1.807, 2.05) is 6.08 Å². The average molecular weight is 756 g/mol. The summed E-state index contributed by atoms with van der Waals surface area (Å²) in [6.07, 6.45) is 46.2. The number of nitrogens with two attached hydrogens (primary N) is 1. The van der Waals surface area contributed by atoms with E-state index < -0.39 is 19.9 Å². The van der Waals surface area contributed by atoms with Gasteiger partial charge in [0.05, 0.1) is 19.8 Å². The molecule has 306 valence electrons. The van der Waals surface area contributed by atoms with Gasteiger partial charge in [-0.25, -0.2) is 4.57 Å². The number of ether oxygens (including phenoxy) is 2. The molecule has 52 heavy (non-hydrogen) atoms. The second-order valence-corrected chi connectivity index (χ2v) is 15.7. The highest BCUT2D eigenvalue weighted by molar-refractivity contribution is 7.47. The summed E-state index contributed by atoms with van der Waals surface area (Å²) in [6.45, 7) is 4.77. The van der Waals surface area contributed by atoms with E-state index in [9.17, 15) is 14.3 Å². The van der Waals surface area contributed by atoms with E-state index in [1.54, 1.807) is 0 Å². The molecule has 0 saturated carbocycles. The molecule has 9 heteroatoms. The van der Waals surface area contributed by atoms with Gasteiger partial charge < -0.3 is 20.1 Å². The van der Waals surface area contributed by atoms with E-state index in [1.165, 1.54) is 135 Å². The number of rotatable bonds is 41. The van der Waals surface area contributed by atoms with Crippen LogP contribution >= 0.6 is 7.82 Å². The van der Waals surface area contributed by atoms with Gasteiger partial charge in [0.15, 0.2) is 0 Å². The predicted molar refractivity (Wildman–Crippen MR) is 220 cm³/mol. The normalized spacial score (nSPS) is 13.8. The minimum Gasteiger partial charge on any atom is -0.457 e. The van der Waals surface area contributed by atoms with Crippen molar-refractivity contribution in [2.24, 2.45) is 5.73 Å². The maximum absolute atomic E-state index is 12.5. The maximum Gasteiger partial charge on any atom is 0.472 e. The number of esters is 1. The average Bonchev–Trinajstić information content (AvgIpc) is 3.13. The van der Waals surface area contributed by atoms with Gasteiger partial charge in [0.1, 0.15) is 6.10 Å². The van der Waals surface area contributed by atoms with Gasteiger partial charge in [0, 0.05) is 19.6 Å². The van der Waals surface area contributed by atoms with Gasteiger partial charge in [-0.15, -0.1) is 0 Å². The number of hydrogen-bond donors (Lipinski definition) is 2. The summed E-state index contributed by atoms with van der Waals surface area (Å²) in [5, 5.41) is 0. The van der Waals surface area contributed by atoms with Gasteiger partial charge in [-0.3, -0.25) is 13.8 Å². The highest BCUT2D eigenvalue weighted by atomic mass is 31.2. The van der Waals surface area contributed by atoms with Crippen molar-refractivity contribution in [3.63, 3.8) is 0 Å². The molecular weight excluding hydrogens is 673 g/mol. The van der Waals surface area contributed by atoms with Gasteiger partial charge in [0.25, 0.3) is 0 Å². The molecule has 0 aliphatic heterocycles. The lowest BCUT2D eigenvalue weighted by molar-refractivity contribution is -0.154. The van der Waals surface area contributed by atoms with Crippen LogP contribution in [0, 0.1) is 0 Å². The molecule has 0 fully saturated rings. The molecule has 0 radical (unpaired) electrons. The number of phosphoric acid groups is 1. The van der Waals surface area contributed by atoms with Crippen LogP contribution in [0.1, 0.15) is 194 Å². The van der Waals surface area contributed by atoms with Crippen LogP contribution < -0.4 is 5.73 Å². The summed E-state index contributed by atoms with van der Waals surface area (Å²) in [4.78, 5) is 22.4. The lowest BCUT2D eigenvalue weighted by Gasteiger charge is -2.19. The molecule has 0 aliphatic rings. The number of carbonyl (C=O) groups is 1. The number of hydrogen-bond acceptors (Lipinski definition) is 7. The fraction of sp³-hybridized carbons (Fsp3) is 0.837. The van der Waals surface area contributed by atoms with E-state index in [4.69, 9.17) is 24.3 Å². The van der Waals surface area contributed by atoms with Crippen molar-refractivity contribution < 1.29 is 32.8 Å². The van der Waals surface area contributed by atoms with E-state index in [-0.39, 0.29) is 32.8 Å². The molecule has 2 unspecified atom stereocenters. The summed E-state index contributed by atoms with van der Waals surface area (Å²) in [6, 6.07) is 0. The van der Waals surface area contributed by atoms with E-state index in [2.05, 4.69) is 44.2 Å². The summed E-state index contributed by atoms with van der Waals surface area (Å²) in [5.41, 5.74) is 5.36. The van der Waals surface area contributed by atoms with Crippen molar-refractivity contribution >= 4 is 13.8 Å². The first kappa shape index (κ1) is 50.7.